The number of rotatable bonds is 6. The molecule has 0 aromatic carbocycles. The Hall–Kier alpha value is -1.44. The first kappa shape index (κ1) is 15.9. The van der Waals surface area contributed by atoms with Gasteiger partial charge in [0, 0.05) is 39.1 Å². The SMILES string of the molecule is COCCC(C)(O)CNC(=O)c1cc2c(C)nn(C)c2s1. The minimum Gasteiger partial charge on any atom is -0.388 e. The molecule has 2 rings (SSSR count). The van der Waals surface area contributed by atoms with Gasteiger partial charge in [-0.25, -0.2) is 0 Å². The maximum atomic E-state index is 12.2. The molecule has 2 N–H and O–H groups in total. The zero-order valence-electron chi connectivity index (χ0n) is 12.8. The minimum absolute atomic E-state index is 0.173. The van der Waals surface area contributed by atoms with E-state index >= 15 is 0 Å². The van der Waals surface area contributed by atoms with E-state index in [1.54, 1.807) is 18.7 Å². The van der Waals surface area contributed by atoms with E-state index in [9.17, 15) is 9.90 Å². The number of nitrogens with one attached hydrogen (secondary N) is 1. The van der Waals surface area contributed by atoms with Gasteiger partial charge >= 0.3 is 0 Å². The fourth-order valence-corrected chi connectivity index (χ4v) is 3.12. The van der Waals surface area contributed by atoms with E-state index in [4.69, 9.17) is 4.74 Å². The van der Waals surface area contributed by atoms with Gasteiger partial charge in [0.25, 0.3) is 5.91 Å². The van der Waals surface area contributed by atoms with Gasteiger partial charge in [-0.3, -0.25) is 9.48 Å². The molecule has 0 radical (unpaired) electrons. The number of amides is 1. The third-order valence-corrected chi connectivity index (χ3v) is 4.60. The summed E-state index contributed by atoms with van der Waals surface area (Å²) >= 11 is 1.40. The standard InChI is InChI=1S/C14H21N3O3S/c1-9-10-7-11(21-13(10)17(3)16-9)12(18)15-8-14(2,19)5-6-20-4/h7,19H,5-6,8H2,1-4H3,(H,15,18). The smallest absolute Gasteiger partial charge is 0.261 e. The largest absolute Gasteiger partial charge is 0.388 e. The number of aryl methyl sites for hydroxylation is 2. The Morgan fingerprint density at radius 3 is 2.95 bits per heavy atom. The van der Waals surface area contributed by atoms with Crippen molar-refractivity contribution in [3.63, 3.8) is 0 Å². The molecule has 2 aromatic heterocycles. The van der Waals surface area contributed by atoms with Crippen molar-refractivity contribution in [2.45, 2.75) is 25.9 Å². The molecule has 2 aromatic rings. The highest BCUT2D eigenvalue weighted by Gasteiger charge is 2.22. The zero-order valence-corrected chi connectivity index (χ0v) is 13.6. The molecule has 1 unspecified atom stereocenters. The average molecular weight is 311 g/mol. The summed E-state index contributed by atoms with van der Waals surface area (Å²) in [5.41, 5.74) is -0.0605. The van der Waals surface area contributed by atoms with Gasteiger partial charge < -0.3 is 15.2 Å². The van der Waals surface area contributed by atoms with Crippen LogP contribution in [0.2, 0.25) is 0 Å². The Morgan fingerprint density at radius 1 is 1.62 bits per heavy atom. The molecule has 7 heteroatoms. The summed E-state index contributed by atoms with van der Waals surface area (Å²) in [4.78, 5) is 13.8. The molecule has 0 spiro atoms. The number of fused-ring (bicyclic) bond motifs is 1. The molecule has 6 nitrogen and oxygen atoms in total. The van der Waals surface area contributed by atoms with Crippen LogP contribution in [0.15, 0.2) is 6.07 Å². The van der Waals surface area contributed by atoms with Crippen LogP contribution in [0, 0.1) is 6.92 Å². The molecule has 0 bridgehead atoms. The molecule has 2 heterocycles. The average Bonchev–Trinajstić information content (AvgIpc) is 2.97. The third kappa shape index (κ3) is 3.61. The Bertz CT molecular complexity index is 611. The summed E-state index contributed by atoms with van der Waals surface area (Å²) in [6, 6.07) is 1.85. The van der Waals surface area contributed by atoms with Crippen LogP contribution in [0.4, 0.5) is 0 Å². The Labute approximate surface area is 127 Å². The number of thiophene rings is 1. The molecular formula is C14H21N3O3S. The van der Waals surface area contributed by atoms with E-state index in [1.165, 1.54) is 11.3 Å². The van der Waals surface area contributed by atoms with Crippen LogP contribution in [-0.4, -0.2) is 46.7 Å². The number of nitrogens with zero attached hydrogens (tertiary/aromatic N) is 2. The van der Waals surface area contributed by atoms with Gasteiger partial charge in [-0.1, -0.05) is 0 Å². The molecule has 0 aliphatic carbocycles. The van der Waals surface area contributed by atoms with Crippen molar-refractivity contribution in [2.75, 3.05) is 20.3 Å². The second-order valence-electron chi connectivity index (χ2n) is 5.46. The van der Waals surface area contributed by atoms with Crippen LogP contribution in [0.3, 0.4) is 0 Å². The van der Waals surface area contributed by atoms with Gasteiger partial charge in [0.05, 0.1) is 16.2 Å². The normalized spacial score (nSPS) is 14.3. The van der Waals surface area contributed by atoms with Gasteiger partial charge in [0.1, 0.15) is 4.83 Å². The zero-order chi connectivity index (χ0) is 15.6. The van der Waals surface area contributed by atoms with Crippen molar-refractivity contribution >= 4 is 27.5 Å². The lowest BCUT2D eigenvalue weighted by Crippen LogP contribution is -2.41. The molecule has 0 saturated heterocycles. The maximum absolute atomic E-state index is 12.2. The number of carbonyl (C=O) groups excluding carboxylic acids is 1. The molecular weight excluding hydrogens is 290 g/mol. The highest BCUT2D eigenvalue weighted by Crippen LogP contribution is 2.27. The summed E-state index contributed by atoms with van der Waals surface area (Å²) in [6.07, 6.45) is 0.471. The molecule has 116 valence electrons. The van der Waals surface area contributed by atoms with Gasteiger partial charge in [-0.05, 0) is 19.9 Å². The van der Waals surface area contributed by atoms with E-state index in [2.05, 4.69) is 10.4 Å². The topological polar surface area (TPSA) is 76.4 Å². The maximum Gasteiger partial charge on any atom is 0.261 e. The van der Waals surface area contributed by atoms with E-state index < -0.39 is 5.60 Å². The van der Waals surface area contributed by atoms with Crippen molar-refractivity contribution in [3.8, 4) is 0 Å². The lowest BCUT2D eigenvalue weighted by molar-refractivity contribution is 0.0244. The molecule has 0 aliphatic rings. The second-order valence-corrected chi connectivity index (χ2v) is 6.49. The predicted molar refractivity (Wildman–Crippen MR) is 82.8 cm³/mol. The molecule has 0 fully saturated rings. The lowest BCUT2D eigenvalue weighted by atomic mass is 10.0. The van der Waals surface area contributed by atoms with Crippen LogP contribution >= 0.6 is 11.3 Å². The quantitative estimate of drug-likeness (QED) is 0.847. The molecule has 0 saturated carbocycles. The second kappa shape index (κ2) is 6.13. The summed E-state index contributed by atoms with van der Waals surface area (Å²) in [5.74, 6) is -0.173. The van der Waals surface area contributed by atoms with Crippen LogP contribution in [0.1, 0.15) is 28.7 Å². The fourth-order valence-electron chi connectivity index (χ4n) is 2.09. The van der Waals surface area contributed by atoms with Crippen LogP contribution in [0.5, 0.6) is 0 Å². The van der Waals surface area contributed by atoms with Gasteiger partial charge in [0.2, 0.25) is 0 Å². The monoisotopic (exact) mass is 311 g/mol. The first-order valence-corrected chi connectivity index (χ1v) is 7.58. The van der Waals surface area contributed by atoms with Crippen molar-refractivity contribution in [3.05, 3.63) is 16.6 Å². The summed E-state index contributed by atoms with van der Waals surface area (Å²) in [6.45, 7) is 4.26. The van der Waals surface area contributed by atoms with E-state index in [0.717, 1.165) is 15.9 Å². The molecule has 1 amide bonds. The van der Waals surface area contributed by atoms with Crippen molar-refractivity contribution in [1.82, 2.24) is 15.1 Å². The van der Waals surface area contributed by atoms with Crippen molar-refractivity contribution in [1.29, 1.82) is 0 Å². The van der Waals surface area contributed by atoms with Crippen LogP contribution in [0.25, 0.3) is 10.2 Å². The number of methoxy groups -OCH3 is 1. The number of aliphatic hydroxyl groups is 1. The molecule has 1 atom stereocenters. The van der Waals surface area contributed by atoms with E-state index in [-0.39, 0.29) is 12.5 Å². The third-order valence-electron chi connectivity index (χ3n) is 3.39. The fraction of sp³-hybridized carbons (Fsp3) is 0.571. The van der Waals surface area contributed by atoms with Crippen molar-refractivity contribution in [2.24, 2.45) is 7.05 Å². The molecule has 21 heavy (non-hydrogen) atoms. The summed E-state index contributed by atoms with van der Waals surface area (Å²) in [7, 11) is 3.45. The number of ether oxygens (including phenoxy) is 1. The predicted octanol–water partition coefficient (Wildman–Crippen LogP) is 1.46. The number of hydrogen-bond donors (Lipinski definition) is 2. The Kier molecular flexibility index (Phi) is 4.65. The van der Waals surface area contributed by atoms with Crippen LogP contribution in [-0.2, 0) is 11.8 Å². The highest BCUT2D eigenvalue weighted by atomic mass is 32.1. The Balaban J connectivity index is 2.04. The number of hydrogen-bond acceptors (Lipinski definition) is 5. The minimum atomic E-state index is -0.972. The summed E-state index contributed by atoms with van der Waals surface area (Å²) in [5, 5.41) is 18.2. The van der Waals surface area contributed by atoms with E-state index in [1.807, 2.05) is 20.0 Å². The van der Waals surface area contributed by atoms with Gasteiger partial charge in [-0.2, -0.15) is 5.10 Å². The van der Waals surface area contributed by atoms with E-state index in [0.29, 0.717) is 17.9 Å². The van der Waals surface area contributed by atoms with Gasteiger partial charge in [-0.15, -0.1) is 11.3 Å². The van der Waals surface area contributed by atoms with Crippen LogP contribution < -0.4 is 5.32 Å². The highest BCUT2D eigenvalue weighted by molar-refractivity contribution is 7.20. The number of carbonyl (C=O) groups is 1. The summed E-state index contributed by atoms with van der Waals surface area (Å²) < 4.78 is 6.72. The first-order chi connectivity index (χ1) is 9.84. The lowest BCUT2D eigenvalue weighted by Gasteiger charge is -2.22. The Morgan fingerprint density at radius 2 is 2.33 bits per heavy atom. The molecule has 0 aliphatic heterocycles. The number of aromatic nitrogens is 2. The van der Waals surface area contributed by atoms with Gasteiger partial charge in [0.15, 0.2) is 0 Å². The van der Waals surface area contributed by atoms with Crippen molar-refractivity contribution < 1.29 is 14.6 Å². The first-order valence-electron chi connectivity index (χ1n) is 6.77.